The summed E-state index contributed by atoms with van der Waals surface area (Å²) in [6.45, 7) is 18.2. The molecular formula is C53H47N5OPt. The number of hydrogen-bond acceptors (Lipinski definition) is 4. The first-order valence-corrected chi connectivity index (χ1v) is 20.9. The smallest absolute Gasteiger partial charge is 0.497 e. The van der Waals surface area contributed by atoms with Gasteiger partial charge in [-0.05, 0) is 68.8 Å². The summed E-state index contributed by atoms with van der Waals surface area (Å²) in [4.78, 5) is 15.6. The zero-order valence-electron chi connectivity index (χ0n) is 35.2. The topological polar surface area (TPSA) is 56.7 Å². The molecule has 0 amide bonds. The third-order valence-corrected chi connectivity index (χ3v) is 12.0. The Morgan fingerprint density at radius 2 is 1.07 bits per heavy atom. The number of para-hydroxylation sites is 1. The van der Waals surface area contributed by atoms with E-state index in [0.717, 1.165) is 66.2 Å². The molecule has 300 valence electrons. The van der Waals surface area contributed by atoms with E-state index in [0.29, 0.717) is 35.2 Å². The molecular weight excluding hydrogens is 918 g/mol. The summed E-state index contributed by atoms with van der Waals surface area (Å²) in [5.41, 5.74) is 13.3. The maximum Gasteiger partial charge on any atom is 2.00 e. The molecule has 5 heterocycles. The first-order valence-electron chi connectivity index (χ1n) is 20.9. The summed E-state index contributed by atoms with van der Waals surface area (Å²) in [6, 6.07) is 41.7. The largest absolute Gasteiger partial charge is 2.00 e. The van der Waals surface area contributed by atoms with Crippen LogP contribution in [0.3, 0.4) is 0 Å². The Bertz CT molecular complexity index is 3230. The van der Waals surface area contributed by atoms with Gasteiger partial charge in [0.1, 0.15) is 5.65 Å². The summed E-state index contributed by atoms with van der Waals surface area (Å²) >= 11 is 0. The van der Waals surface area contributed by atoms with Gasteiger partial charge in [0.25, 0.3) is 0 Å². The molecule has 5 aromatic carbocycles. The van der Waals surface area contributed by atoms with E-state index >= 15 is 0 Å². The van der Waals surface area contributed by atoms with Crippen molar-refractivity contribution in [2.75, 3.05) is 0 Å². The third-order valence-electron chi connectivity index (χ3n) is 12.0. The predicted molar refractivity (Wildman–Crippen MR) is 243 cm³/mol. The Hall–Kier alpha value is -5.84. The molecule has 10 rings (SSSR count). The molecule has 0 spiro atoms. The van der Waals surface area contributed by atoms with Crippen molar-refractivity contribution in [2.45, 2.75) is 79.1 Å². The fourth-order valence-electron chi connectivity index (χ4n) is 9.16. The van der Waals surface area contributed by atoms with E-state index < -0.39 is 0 Å². The number of rotatable bonds is 8. The van der Waals surface area contributed by atoms with Crippen molar-refractivity contribution < 1.29 is 25.8 Å². The molecule has 10 aromatic rings. The van der Waals surface area contributed by atoms with Gasteiger partial charge in [-0.15, -0.1) is 12.1 Å². The van der Waals surface area contributed by atoms with Gasteiger partial charge in [-0.3, -0.25) is 9.97 Å². The Labute approximate surface area is 365 Å². The zero-order valence-corrected chi connectivity index (χ0v) is 37.5. The number of fused-ring (bicyclic) bond motifs is 12. The maximum absolute atomic E-state index is 6.63. The summed E-state index contributed by atoms with van der Waals surface area (Å²) in [7, 11) is 0. The van der Waals surface area contributed by atoms with Crippen LogP contribution in [-0.4, -0.2) is 23.8 Å². The normalized spacial score (nSPS) is 12.1. The molecule has 0 aliphatic heterocycles. The van der Waals surface area contributed by atoms with Crippen LogP contribution < -0.4 is 4.74 Å². The molecule has 60 heavy (non-hydrogen) atoms. The summed E-state index contributed by atoms with van der Waals surface area (Å²) < 4.78 is 11.0. The van der Waals surface area contributed by atoms with E-state index in [2.05, 4.69) is 161 Å². The molecule has 0 atom stereocenters. The van der Waals surface area contributed by atoms with Crippen molar-refractivity contribution in [1.82, 2.24) is 23.8 Å². The SMILES string of the molecule is CC(C)c1cccc(C(C)C)c1-c1ccc2c3ccc(Oc4[c-]c5c(cc4)c4ccccc4n4ccnc54)[c-]c3c3ncc(-c4c(C(C)C)cccc4C(C)C)n3c2n1.[Pt+2]. The van der Waals surface area contributed by atoms with Gasteiger partial charge in [0.15, 0.2) is 0 Å². The first kappa shape index (κ1) is 39.6. The molecule has 5 aromatic heterocycles. The summed E-state index contributed by atoms with van der Waals surface area (Å²) in [6.07, 6.45) is 5.87. The molecule has 0 saturated carbocycles. The van der Waals surface area contributed by atoms with Crippen LogP contribution in [0, 0.1) is 12.1 Å². The minimum absolute atomic E-state index is 0. The molecule has 6 nitrogen and oxygen atoms in total. The van der Waals surface area contributed by atoms with E-state index in [1.165, 1.54) is 33.4 Å². The minimum Gasteiger partial charge on any atom is -0.497 e. The molecule has 0 radical (unpaired) electrons. The molecule has 0 aliphatic rings. The number of hydrogen-bond donors (Lipinski definition) is 0. The standard InChI is InChI=1S/C53H47N5O.Pt/c1-30(2)36-14-11-15-37(31(3)4)49(36)46-24-23-43-41-22-20-35(59-34-19-21-40-42-13-9-10-18-47(42)57-26-25-54-51(57)44(40)27-34)28-45(41)52-55-29-48(58(52)53(43)56-46)50-38(32(5)6)16-12-17-39(50)33(7)8;/h9-26,29-33H,1-8H3;/q-2;+2. The second-order valence-electron chi connectivity index (χ2n) is 17.1. The van der Waals surface area contributed by atoms with Crippen LogP contribution >= 0.6 is 0 Å². The van der Waals surface area contributed by atoms with Crippen LogP contribution in [-0.2, 0) is 21.1 Å². The second kappa shape index (κ2) is 15.3. The molecule has 0 bridgehead atoms. The van der Waals surface area contributed by atoms with E-state index in [1.54, 1.807) is 0 Å². The van der Waals surface area contributed by atoms with E-state index in [9.17, 15) is 0 Å². The van der Waals surface area contributed by atoms with Crippen LogP contribution in [0.5, 0.6) is 11.5 Å². The van der Waals surface area contributed by atoms with Crippen LogP contribution in [0.15, 0.2) is 116 Å². The van der Waals surface area contributed by atoms with Gasteiger partial charge < -0.3 is 13.5 Å². The Morgan fingerprint density at radius 1 is 0.517 bits per heavy atom. The van der Waals surface area contributed by atoms with Crippen molar-refractivity contribution in [3.8, 4) is 34.0 Å². The maximum atomic E-state index is 6.63. The van der Waals surface area contributed by atoms with E-state index in [4.69, 9.17) is 19.7 Å². The Morgan fingerprint density at radius 3 is 1.68 bits per heavy atom. The van der Waals surface area contributed by atoms with Gasteiger partial charge in [-0.2, -0.15) is 0 Å². The van der Waals surface area contributed by atoms with Crippen molar-refractivity contribution in [3.05, 3.63) is 150 Å². The van der Waals surface area contributed by atoms with Gasteiger partial charge in [-0.1, -0.05) is 162 Å². The van der Waals surface area contributed by atoms with Crippen LogP contribution in [0.1, 0.15) is 101 Å². The van der Waals surface area contributed by atoms with Crippen LogP contribution in [0.2, 0.25) is 0 Å². The average Bonchev–Trinajstić information content (AvgIpc) is 3.92. The molecule has 7 heteroatoms. The fourth-order valence-corrected chi connectivity index (χ4v) is 9.16. The summed E-state index contributed by atoms with van der Waals surface area (Å²) in [5.74, 6) is 2.47. The van der Waals surface area contributed by atoms with Gasteiger partial charge in [0.05, 0.1) is 22.7 Å². The van der Waals surface area contributed by atoms with Gasteiger partial charge >= 0.3 is 21.1 Å². The first-order chi connectivity index (χ1) is 28.6. The van der Waals surface area contributed by atoms with Crippen LogP contribution in [0.4, 0.5) is 0 Å². The number of pyridine rings is 3. The number of ether oxygens (including phenoxy) is 1. The molecule has 0 N–H and O–H groups in total. The predicted octanol–water partition coefficient (Wildman–Crippen LogP) is 14.2. The Kier molecular flexibility index (Phi) is 10.1. The molecule has 0 unspecified atom stereocenters. The number of imidazole rings is 2. The van der Waals surface area contributed by atoms with Gasteiger partial charge in [-0.25, -0.2) is 4.98 Å². The van der Waals surface area contributed by atoms with E-state index in [-0.39, 0.29) is 21.1 Å². The van der Waals surface area contributed by atoms with Crippen molar-refractivity contribution in [3.63, 3.8) is 0 Å². The number of nitrogens with zero attached hydrogens (tertiary/aromatic N) is 5. The quantitative estimate of drug-likeness (QED) is 0.112. The average molecular weight is 965 g/mol. The van der Waals surface area contributed by atoms with Crippen molar-refractivity contribution in [1.29, 1.82) is 0 Å². The van der Waals surface area contributed by atoms with Gasteiger partial charge in [0, 0.05) is 46.7 Å². The monoisotopic (exact) mass is 964 g/mol. The second-order valence-corrected chi connectivity index (χ2v) is 17.1. The molecule has 0 saturated heterocycles. The third kappa shape index (κ3) is 6.30. The number of aromatic nitrogens is 5. The van der Waals surface area contributed by atoms with Gasteiger partial charge in [0.2, 0.25) is 0 Å². The fraction of sp³-hybridized carbons (Fsp3) is 0.226. The molecule has 0 aliphatic carbocycles. The minimum atomic E-state index is 0. The van der Waals surface area contributed by atoms with Crippen molar-refractivity contribution >= 4 is 54.8 Å². The zero-order chi connectivity index (χ0) is 40.7. The molecule has 0 fully saturated rings. The van der Waals surface area contributed by atoms with Crippen LogP contribution in [0.25, 0.3) is 77.3 Å². The number of benzene rings is 5. The van der Waals surface area contributed by atoms with Crippen molar-refractivity contribution in [2.24, 2.45) is 0 Å². The van der Waals surface area contributed by atoms with E-state index in [1.807, 2.05) is 30.7 Å². The summed E-state index contributed by atoms with van der Waals surface area (Å²) in [5, 5.41) is 6.05. The Balaban J connectivity index is 0.00000462.